The number of hydrazone groups is 1. The molecule has 1 unspecified atom stereocenters. The minimum atomic E-state index is -0.772. The molecule has 206 valence electrons. The van der Waals surface area contributed by atoms with E-state index in [1.54, 1.807) is 25.1 Å². The molecule has 1 amide bonds. The molecule has 0 bridgehead atoms. The van der Waals surface area contributed by atoms with E-state index in [-0.39, 0.29) is 5.75 Å². The summed E-state index contributed by atoms with van der Waals surface area (Å²) in [4.78, 5) is 25.7. The topological polar surface area (TPSA) is 86.2 Å². The van der Waals surface area contributed by atoms with E-state index in [9.17, 15) is 9.59 Å². The number of ether oxygens (including phenoxy) is 3. The number of hydrogen-bond donors (Lipinski definition) is 1. The maximum atomic E-state index is 12.8. The lowest BCUT2D eigenvalue weighted by Crippen LogP contribution is -2.33. The minimum absolute atomic E-state index is 0.229. The van der Waals surface area contributed by atoms with Crippen molar-refractivity contribution < 1.29 is 23.8 Å². The standard InChI is InChI=1S/C32H25ClN2O5S/c1-20(39-24-15-13-23(14-16-24)22-8-4-3-5-9-22)31(36)35-34-19-21-12-17-26(27(18-21)38-2)40-32(37)30-29(33)25-10-6-7-11-28(25)41-30/h3-20H,1-2H3,(H,35,36). The van der Waals surface area contributed by atoms with Crippen molar-refractivity contribution in [3.05, 3.63) is 113 Å². The number of halogens is 1. The van der Waals surface area contributed by atoms with Crippen LogP contribution in [0.3, 0.4) is 0 Å². The van der Waals surface area contributed by atoms with Gasteiger partial charge in [-0.05, 0) is 60.0 Å². The number of carbonyl (C=O) groups excluding carboxylic acids is 2. The van der Waals surface area contributed by atoms with Gasteiger partial charge in [0.25, 0.3) is 5.91 Å². The van der Waals surface area contributed by atoms with Gasteiger partial charge < -0.3 is 14.2 Å². The van der Waals surface area contributed by atoms with Gasteiger partial charge in [0.1, 0.15) is 10.6 Å². The Kier molecular flexibility index (Phi) is 8.62. The first kappa shape index (κ1) is 27.9. The van der Waals surface area contributed by atoms with Crippen LogP contribution in [0.2, 0.25) is 5.02 Å². The second-order valence-electron chi connectivity index (χ2n) is 8.93. The third-order valence-electron chi connectivity index (χ3n) is 6.14. The second kappa shape index (κ2) is 12.7. The molecule has 0 spiro atoms. The molecule has 0 saturated heterocycles. The second-order valence-corrected chi connectivity index (χ2v) is 10.4. The summed E-state index contributed by atoms with van der Waals surface area (Å²) in [6.07, 6.45) is 0.683. The molecule has 41 heavy (non-hydrogen) atoms. The van der Waals surface area contributed by atoms with Gasteiger partial charge in [0, 0.05) is 10.1 Å². The highest BCUT2D eigenvalue weighted by Gasteiger charge is 2.20. The molecule has 7 nitrogen and oxygen atoms in total. The number of amides is 1. The van der Waals surface area contributed by atoms with Gasteiger partial charge in [-0.25, -0.2) is 10.2 Å². The van der Waals surface area contributed by atoms with E-state index in [1.165, 1.54) is 24.7 Å². The number of thiophene rings is 1. The van der Waals surface area contributed by atoms with Gasteiger partial charge >= 0.3 is 5.97 Å². The zero-order valence-corrected chi connectivity index (χ0v) is 23.7. The van der Waals surface area contributed by atoms with Gasteiger partial charge in [-0.1, -0.05) is 72.3 Å². The number of nitrogens with zero attached hydrogens (tertiary/aromatic N) is 1. The maximum absolute atomic E-state index is 12.8. The Morgan fingerprint density at radius 1 is 0.902 bits per heavy atom. The molecule has 5 rings (SSSR count). The Labute approximate surface area is 245 Å². The summed E-state index contributed by atoms with van der Waals surface area (Å²) >= 11 is 7.68. The molecule has 0 radical (unpaired) electrons. The fraction of sp³-hybridized carbons (Fsp3) is 0.0938. The number of nitrogens with one attached hydrogen (secondary N) is 1. The number of esters is 1. The number of hydrogen-bond acceptors (Lipinski definition) is 7. The van der Waals surface area contributed by atoms with Crippen LogP contribution in [0.1, 0.15) is 22.2 Å². The quantitative estimate of drug-likeness (QED) is 0.0846. The molecule has 1 aromatic heterocycles. The molecule has 4 aromatic carbocycles. The summed E-state index contributed by atoms with van der Waals surface area (Å²) in [5.41, 5.74) is 5.25. The van der Waals surface area contributed by atoms with Crippen LogP contribution in [0.4, 0.5) is 0 Å². The Hall–Kier alpha value is -4.66. The Morgan fingerprint density at radius 2 is 1.61 bits per heavy atom. The van der Waals surface area contributed by atoms with Crippen molar-refractivity contribution in [1.82, 2.24) is 5.43 Å². The number of carbonyl (C=O) groups is 2. The van der Waals surface area contributed by atoms with Gasteiger partial charge in [-0.2, -0.15) is 5.10 Å². The van der Waals surface area contributed by atoms with Crippen molar-refractivity contribution in [1.29, 1.82) is 0 Å². The van der Waals surface area contributed by atoms with Gasteiger partial charge in [-0.3, -0.25) is 4.79 Å². The summed E-state index contributed by atoms with van der Waals surface area (Å²) in [6.45, 7) is 1.64. The molecule has 9 heteroatoms. The summed E-state index contributed by atoms with van der Waals surface area (Å²) in [7, 11) is 1.47. The third kappa shape index (κ3) is 6.57. The summed E-state index contributed by atoms with van der Waals surface area (Å²) in [6, 6.07) is 29.9. The lowest BCUT2D eigenvalue weighted by atomic mass is 10.1. The van der Waals surface area contributed by atoms with Crippen LogP contribution >= 0.6 is 22.9 Å². The zero-order chi connectivity index (χ0) is 28.8. The minimum Gasteiger partial charge on any atom is -0.493 e. The van der Waals surface area contributed by atoms with Gasteiger partial charge in [-0.15, -0.1) is 11.3 Å². The van der Waals surface area contributed by atoms with Crippen LogP contribution in [-0.2, 0) is 4.79 Å². The third-order valence-corrected chi connectivity index (χ3v) is 7.80. The lowest BCUT2D eigenvalue weighted by Gasteiger charge is -2.13. The molecule has 1 heterocycles. The number of rotatable bonds is 9. The normalized spacial score (nSPS) is 11.8. The molecular weight excluding hydrogens is 560 g/mol. The van der Waals surface area contributed by atoms with Crippen molar-refractivity contribution in [2.24, 2.45) is 5.10 Å². The SMILES string of the molecule is COc1cc(C=NNC(=O)C(C)Oc2ccc(-c3ccccc3)cc2)ccc1OC(=O)c1sc2ccccc2c1Cl. The highest BCUT2D eigenvalue weighted by atomic mass is 35.5. The smallest absolute Gasteiger partial charge is 0.355 e. The first-order valence-corrected chi connectivity index (χ1v) is 13.8. The molecule has 0 aliphatic carbocycles. The fourth-order valence-corrected chi connectivity index (χ4v) is 5.40. The van der Waals surface area contributed by atoms with Crippen molar-refractivity contribution >= 4 is 51.1 Å². The first-order valence-electron chi connectivity index (χ1n) is 12.6. The predicted molar refractivity (Wildman–Crippen MR) is 162 cm³/mol. The van der Waals surface area contributed by atoms with Crippen LogP contribution in [0.5, 0.6) is 17.2 Å². The van der Waals surface area contributed by atoms with Crippen molar-refractivity contribution in [3.8, 4) is 28.4 Å². The Bertz CT molecular complexity index is 1720. The lowest BCUT2D eigenvalue weighted by molar-refractivity contribution is -0.127. The van der Waals surface area contributed by atoms with Crippen molar-refractivity contribution in [2.75, 3.05) is 7.11 Å². The van der Waals surface area contributed by atoms with E-state index in [1.807, 2.05) is 78.9 Å². The monoisotopic (exact) mass is 584 g/mol. The molecule has 1 N–H and O–H groups in total. The van der Waals surface area contributed by atoms with Crippen LogP contribution < -0.4 is 19.6 Å². The van der Waals surface area contributed by atoms with E-state index in [0.717, 1.165) is 21.2 Å². The van der Waals surface area contributed by atoms with E-state index >= 15 is 0 Å². The molecule has 0 aliphatic rings. The van der Waals surface area contributed by atoms with Crippen LogP contribution in [0, 0.1) is 0 Å². The predicted octanol–water partition coefficient (Wildman–Crippen LogP) is 7.37. The van der Waals surface area contributed by atoms with Crippen LogP contribution in [0.25, 0.3) is 21.2 Å². The van der Waals surface area contributed by atoms with Crippen molar-refractivity contribution in [3.63, 3.8) is 0 Å². The Morgan fingerprint density at radius 3 is 2.34 bits per heavy atom. The molecule has 0 aliphatic heterocycles. The Balaban J connectivity index is 1.18. The number of fused-ring (bicyclic) bond motifs is 1. The molecule has 0 fully saturated rings. The molecular formula is C32H25ClN2O5S. The van der Waals surface area contributed by atoms with Gasteiger partial charge in [0.2, 0.25) is 0 Å². The zero-order valence-electron chi connectivity index (χ0n) is 22.2. The van der Waals surface area contributed by atoms with Crippen LogP contribution in [0.15, 0.2) is 102 Å². The first-order chi connectivity index (χ1) is 19.9. The fourth-order valence-electron chi connectivity index (χ4n) is 4.02. The average molecular weight is 585 g/mol. The van der Waals surface area contributed by atoms with Gasteiger partial charge in [0.15, 0.2) is 17.6 Å². The maximum Gasteiger partial charge on any atom is 0.355 e. The van der Waals surface area contributed by atoms with Gasteiger partial charge in [0.05, 0.1) is 18.3 Å². The summed E-state index contributed by atoms with van der Waals surface area (Å²) in [5.74, 6) is 0.134. The molecule has 1 atom stereocenters. The van der Waals surface area contributed by atoms with Crippen molar-refractivity contribution in [2.45, 2.75) is 13.0 Å². The molecule has 0 saturated carbocycles. The number of benzene rings is 4. The van der Waals surface area contributed by atoms with E-state index < -0.39 is 18.0 Å². The largest absolute Gasteiger partial charge is 0.493 e. The van der Waals surface area contributed by atoms with E-state index in [2.05, 4.69) is 10.5 Å². The molecule has 5 aromatic rings. The van der Waals surface area contributed by atoms with E-state index in [0.29, 0.717) is 27.0 Å². The average Bonchev–Trinajstić information content (AvgIpc) is 3.35. The van der Waals surface area contributed by atoms with Crippen LogP contribution in [-0.4, -0.2) is 31.3 Å². The number of methoxy groups -OCH3 is 1. The summed E-state index contributed by atoms with van der Waals surface area (Å²) < 4.78 is 17.6. The highest BCUT2D eigenvalue weighted by Crippen LogP contribution is 2.37. The summed E-state index contributed by atoms with van der Waals surface area (Å²) in [5, 5.41) is 5.18. The van der Waals surface area contributed by atoms with E-state index in [4.69, 9.17) is 25.8 Å². The highest BCUT2D eigenvalue weighted by molar-refractivity contribution is 7.21.